The molecule has 0 unspecified atom stereocenters. The lowest BCUT2D eigenvalue weighted by Crippen LogP contribution is -2.15. The monoisotopic (exact) mass is 257 g/mol. The number of aromatic carboxylic acids is 1. The predicted octanol–water partition coefficient (Wildman–Crippen LogP) is 1.74. The van der Waals surface area contributed by atoms with Crippen LogP contribution in [-0.2, 0) is 0 Å². The number of benzene rings is 1. The first kappa shape index (κ1) is 12.7. The second-order valence-electron chi connectivity index (χ2n) is 3.83. The summed E-state index contributed by atoms with van der Waals surface area (Å²) in [5, 5.41) is 11.6. The second-order valence-corrected chi connectivity index (χ2v) is 3.83. The van der Waals surface area contributed by atoms with Crippen molar-refractivity contribution in [1.29, 1.82) is 0 Å². The third-order valence-corrected chi connectivity index (χ3v) is 2.61. The van der Waals surface area contributed by atoms with Gasteiger partial charge in [0.25, 0.3) is 5.91 Å². The molecule has 0 saturated carbocycles. The molecule has 1 aromatic carbocycles. The molecule has 0 radical (unpaired) electrons. The van der Waals surface area contributed by atoms with Crippen LogP contribution in [0.3, 0.4) is 0 Å². The third kappa shape index (κ3) is 2.74. The number of hydrogen-bond acceptors (Lipinski definition) is 4. The normalized spacial score (nSPS) is 9.95. The largest absolute Gasteiger partial charge is 0.478 e. The Bertz CT molecular complexity index is 626. The van der Waals surface area contributed by atoms with Crippen LogP contribution < -0.4 is 5.32 Å². The van der Waals surface area contributed by atoms with Gasteiger partial charge in [0.2, 0.25) is 0 Å². The van der Waals surface area contributed by atoms with Gasteiger partial charge < -0.3 is 10.4 Å². The van der Waals surface area contributed by atoms with Crippen molar-refractivity contribution in [1.82, 2.24) is 9.97 Å². The van der Waals surface area contributed by atoms with Crippen LogP contribution in [0.2, 0.25) is 0 Å². The molecule has 2 aromatic rings. The Morgan fingerprint density at radius 2 is 2.05 bits per heavy atom. The maximum atomic E-state index is 11.9. The molecule has 2 N–H and O–H groups in total. The average Bonchev–Trinajstić information content (AvgIpc) is 2.41. The van der Waals surface area contributed by atoms with Gasteiger partial charge in [-0.1, -0.05) is 6.07 Å². The minimum atomic E-state index is -1.03. The van der Waals surface area contributed by atoms with E-state index >= 15 is 0 Å². The number of carboxylic acid groups (broad SMARTS) is 1. The molecule has 2 rings (SSSR count). The van der Waals surface area contributed by atoms with Gasteiger partial charge in [-0.15, -0.1) is 0 Å². The van der Waals surface area contributed by atoms with Crippen LogP contribution in [0.5, 0.6) is 0 Å². The zero-order valence-electron chi connectivity index (χ0n) is 10.1. The highest BCUT2D eigenvalue weighted by Crippen LogP contribution is 2.19. The van der Waals surface area contributed by atoms with Gasteiger partial charge in [-0.25, -0.2) is 9.78 Å². The molecule has 6 nitrogen and oxygen atoms in total. The summed E-state index contributed by atoms with van der Waals surface area (Å²) in [7, 11) is 0. The zero-order chi connectivity index (χ0) is 13.8. The molecule has 1 amide bonds. The number of aromatic nitrogens is 2. The second kappa shape index (κ2) is 5.26. The minimum absolute atomic E-state index is 0.150. The van der Waals surface area contributed by atoms with Gasteiger partial charge in [0.1, 0.15) is 5.69 Å². The molecule has 1 heterocycles. The number of nitrogens with zero attached hydrogens (tertiary/aromatic N) is 2. The lowest BCUT2D eigenvalue weighted by Gasteiger charge is -2.09. The average molecular weight is 257 g/mol. The van der Waals surface area contributed by atoms with Gasteiger partial charge in [-0.3, -0.25) is 9.78 Å². The fraction of sp³-hybridized carbons (Fsp3) is 0.0769. The van der Waals surface area contributed by atoms with Crippen LogP contribution in [0.15, 0.2) is 36.8 Å². The summed E-state index contributed by atoms with van der Waals surface area (Å²) < 4.78 is 0. The lowest BCUT2D eigenvalue weighted by atomic mass is 10.1. The lowest BCUT2D eigenvalue weighted by molar-refractivity contribution is 0.0695. The molecule has 0 bridgehead atoms. The topological polar surface area (TPSA) is 92.2 Å². The number of rotatable bonds is 3. The number of hydrogen-bond donors (Lipinski definition) is 2. The molecule has 96 valence electrons. The SMILES string of the molecule is Cc1c(NC(=O)c2cnccn2)cccc1C(=O)O. The molecule has 0 aliphatic heterocycles. The molecule has 0 saturated heterocycles. The number of anilines is 1. The van der Waals surface area contributed by atoms with Crippen LogP contribution in [0.4, 0.5) is 5.69 Å². The van der Waals surface area contributed by atoms with E-state index in [9.17, 15) is 9.59 Å². The van der Waals surface area contributed by atoms with E-state index in [4.69, 9.17) is 5.11 Å². The van der Waals surface area contributed by atoms with Crippen molar-refractivity contribution in [2.75, 3.05) is 5.32 Å². The smallest absolute Gasteiger partial charge is 0.336 e. The van der Waals surface area contributed by atoms with E-state index < -0.39 is 11.9 Å². The number of carbonyl (C=O) groups excluding carboxylic acids is 1. The first-order valence-electron chi connectivity index (χ1n) is 5.50. The van der Waals surface area contributed by atoms with Crippen molar-refractivity contribution < 1.29 is 14.7 Å². The summed E-state index contributed by atoms with van der Waals surface area (Å²) in [5.74, 6) is -1.47. The standard InChI is InChI=1S/C13H11N3O3/c1-8-9(13(18)19)3-2-4-10(8)16-12(17)11-7-14-5-6-15-11/h2-7H,1H3,(H,16,17)(H,18,19). The van der Waals surface area contributed by atoms with E-state index in [-0.39, 0.29) is 11.3 Å². The summed E-state index contributed by atoms with van der Waals surface area (Å²) in [4.78, 5) is 30.6. The Morgan fingerprint density at radius 3 is 2.68 bits per heavy atom. The molecule has 0 aliphatic carbocycles. The highest BCUT2D eigenvalue weighted by Gasteiger charge is 2.13. The van der Waals surface area contributed by atoms with Crippen molar-refractivity contribution in [2.24, 2.45) is 0 Å². The van der Waals surface area contributed by atoms with Crippen LogP contribution >= 0.6 is 0 Å². The van der Waals surface area contributed by atoms with Crippen molar-refractivity contribution in [3.8, 4) is 0 Å². The van der Waals surface area contributed by atoms with Gasteiger partial charge in [-0.2, -0.15) is 0 Å². The highest BCUT2D eigenvalue weighted by molar-refractivity contribution is 6.04. The van der Waals surface area contributed by atoms with Gasteiger partial charge in [0, 0.05) is 18.1 Å². The fourth-order valence-electron chi connectivity index (χ4n) is 1.61. The Labute approximate surface area is 109 Å². The molecular weight excluding hydrogens is 246 g/mol. The summed E-state index contributed by atoms with van der Waals surface area (Å²) in [5.41, 5.74) is 1.25. The highest BCUT2D eigenvalue weighted by atomic mass is 16.4. The van der Waals surface area contributed by atoms with Crippen LogP contribution in [-0.4, -0.2) is 27.0 Å². The molecule has 0 spiro atoms. The maximum absolute atomic E-state index is 11.9. The first-order valence-corrected chi connectivity index (χ1v) is 5.50. The van der Waals surface area contributed by atoms with Gasteiger partial charge in [-0.05, 0) is 24.6 Å². The number of carbonyl (C=O) groups is 2. The van der Waals surface area contributed by atoms with Crippen molar-refractivity contribution >= 4 is 17.6 Å². The molecule has 0 atom stereocenters. The number of carboxylic acids is 1. The van der Waals surface area contributed by atoms with E-state index in [2.05, 4.69) is 15.3 Å². The quantitative estimate of drug-likeness (QED) is 0.873. The summed E-state index contributed by atoms with van der Waals surface area (Å²) in [6, 6.07) is 4.69. The molecule has 19 heavy (non-hydrogen) atoms. The van der Waals surface area contributed by atoms with E-state index in [1.54, 1.807) is 19.1 Å². The van der Waals surface area contributed by atoms with Crippen molar-refractivity contribution in [3.63, 3.8) is 0 Å². The molecule has 1 aromatic heterocycles. The number of amides is 1. The van der Waals surface area contributed by atoms with Crippen molar-refractivity contribution in [3.05, 3.63) is 53.6 Å². The van der Waals surface area contributed by atoms with Crippen molar-refractivity contribution in [2.45, 2.75) is 6.92 Å². The predicted molar refractivity (Wildman–Crippen MR) is 68.1 cm³/mol. The van der Waals surface area contributed by atoms with Gasteiger partial charge >= 0.3 is 5.97 Å². The van der Waals surface area contributed by atoms with Gasteiger partial charge in [0.15, 0.2) is 0 Å². The first-order chi connectivity index (χ1) is 9.09. The van der Waals surface area contributed by atoms with Crippen LogP contribution in [0, 0.1) is 6.92 Å². The number of nitrogens with one attached hydrogen (secondary N) is 1. The minimum Gasteiger partial charge on any atom is -0.478 e. The zero-order valence-corrected chi connectivity index (χ0v) is 10.1. The van der Waals surface area contributed by atoms with E-state index in [1.165, 1.54) is 24.7 Å². The van der Waals surface area contributed by atoms with E-state index in [1.807, 2.05) is 0 Å². The molecule has 6 heteroatoms. The summed E-state index contributed by atoms with van der Waals surface area (Å²) in [6.07, 6.45) is 4.22. The Balaban J connectivity index is 2.27. The van der Waals surface area contributed by atoms with E-state index in [0.29, 0.717) is 11.3 Å². The third-order valence-electron chi connectivity index (χ3n) is 2.61. The summed E-state index contributed by atoms with van der Waals surface area (Å²) in [6.45, 7) is 1.63. The Hall–Kier alpha value is -2.76. The van der Waals surface area contributed by atoms with Crippen LogP contribution in [0.25, 0.3) is 0 Å². The molecular formula is C13H11N3O3. The van der Waals surface area contributed by atoms with Gasteiger partial charge in [0.05, 0.1) is 11.8 Å². The molecule has 0 fully saturated rings. The fourth-order valence-corrected chi connectivity index (χ4v) is 1.61. The maximum Gasteiger partial charge on any atom is 0.336 e. The Morgan fingerprint density at radius 1 is 1.26 bits per heavy atom. The van der Waals surface area contributed by atoms with Crippen LogP contribution in [0.1, 0.15) is 26.4 Å². The summed E-state index contributed by atoms with van der Waals surface area (Å²) >= 11 is 0. The Kier molecular flexibility index (Phi) is 3.51. The molecule has 0 aliphatic rings. The van der Waals surface area contributed by atoms with E-state index in [0.717, 1.165) is 0 Å².